The van der Waals surface area contributed by atoms with Crippen LogP contribution >= 0.6 is 22.6 Å². The Morgan fingerprint density at radius 1 is 0.857 bits per heavy atom. The third-order valence-corrected chi connectivity index (χ3v) is 9.24. The van der Waals surface area contributed by atoms with Crippen LogP contribution < -0.4 is 9.47 Å². The Balaban J connectivity index is 1.40. The summed E-state index contributed by atoms with van der Waals surface area (Å²) in [7, 11) is 1.60. The van der Waals surface area contributed by atoms with E-state index in [1.165, 1.54) is 17.7 Å². The molecule has 42 heavy (non-hydrogen) atoms. The van der Waals surface area contributed by atoms with Crippen LogP contribution in [0.1, 0.15) is 61.1 Å². The normalized spacial score (nSPS) is 17.4. The third kappa shape index (κ3) is 5.63. The smallest absolute Gasteiger partial charge is 0.174 e. The van der Waals surface area contributed by atoms with Crippen molar-refractivity contribution < 1.29 is 23.5 Å². The van der Waals surface area contributed by atoms with Gasteiger partial charge in [-0.05, 0) is 95.7 Å². The summed E-state index contributed by atoms with van der Waals surface area (Å²) in [4.78, 5) is 29.7. The topological polar surface area (TPSA) is 55.8 Å². The van der Waals surface area contributed by atoms with Crippen LogP contribution in [0.5, 0.6) is 11.5 Å². The molecule has 0 saturated carbocycles. The number of hydrogen-bond acceptors (Lipinski definition) is 5. The molecule has 216 valence electrons. The van der Waals surface area contributed by atoms with Gasteiger partial charge in [0.2, 0.25) is 0 Å². The van der Waals surface area contributed by atoms with Crippen LogP contribution in [0, 0.1) is 9.39 Å². The molecule has 7 heteroatoms. The van der Waals surface area contributed by atoms with Gasteiger partial charge in [-0.25, -0.2) is 4.39 Å². The Bertz CT molecular complexity index is 1530. The zero-order valence-electron chi connectivity index (χ0n) is 23.6. The Morgan fingerprint density at radius 2 is 1.50 bits per heavy atom. The van der Waals surface area contributed by atoms with Crippen molar-refractivity contribution in [3.8, 4) is 11.5 Å². The van der Waals surface area contributed by atoms with Crippen molar-refractivity contribution in [1.29, 1.82) is 0 Å². The van der Waals surface area contributed by atoms with E-state index in [4.69, 9.17) is 9.47 Å². The summed E-state index contributed by atoms with van der Waals surface area (Å²) in [5.41, 5.74) is 6.63. The Morgan fingerprint density at radius 3 is 2.12 bits per heavy atom. The summed E-state index contributed by atoms with van der Waals surface area (Å²) in [6.45, 7) is 0.999. The predicted octanol–water partition coefficient (Wildman–Crippen LogP) is 7.67. The second-order valence-electron chi connectivity index (χ2n) is 11.0. The maximum Gasteiger partial charge on any atom is 0.174 e. The second-order valence-corrected chi connectivity index (χ2v) is 12.2. The molecule has 0 aromatic heterocycles. The average molecular weight is 678 g/mol. The number of ketones is 2. The van der Waals surface area contributed by atoms with Gasteiger partial charge in [-0.1, -0.05) is 42.5 Å². The van der Waals surface area contributed by atoms with E-state index in [1.54, 1.807) is 19.2 Å². The van der Waals surface area contributed by atoms with Crippen molar-refractivity contribution in [2.75, 3.05) is 13.7 Å². The highest BCUT2D eigenvalue weighted by Crippen LogP contribution is 2.50. The number of Topliss-reactive ketones (excluding diaryl/α,β-unsaturated/α-hetero) is 2. The second kappa shape index (κ2) is 12.4. The van der Waals surface area contributed by atoms with E-state index in [0.29, 0.717) is 24.3 Å². The number of halogens is 2. The largest absolute Gasteiger partial charge is 0.493 e. The standard InChI is InChI=1S/C35H33FINO4/c1-41-31-20-24(19-26(37)35(31)42-21-23-13-15-25(36)16-14-23)32-33-27(9-5-11-29(33)39)38(18-17-22-7-3-2-4-8-22)28-10-6-12-30(40)34(28)32/h2-4,7-8,13-16,19-20,32H,5-6,9-12,17-18,21H2,1H3. The van der Waals surface area contributed by atoms with Crippen LogP contribution in [0.15, 0.2) is 89.3 Å². The monoisotopic (exact) mass is 677 g/mol. The molecule has 0 amide bonds. The van der Waals surface area contributed by atoms with E-state index in [1.807, 2.05) is 30.3 Å². The number of hydrogen-bond donors (Lipinski definition) is 0. The molecule has 5 nitrogen and oxygen atoms in total. The van der Waals surface area contributed by atoms with Gasteiger partial charge in [0.15, 0.2) is 23.1 Å². The highest BCUT2D eigenvalue weighted by Gasteiger charge is 2.43. The zero-order valence-corrected chi connectivity index (χ0v) is 25.8. The number of rotatable bonds is 8. The maximum atomic E-state index is 13.7. The molecule has 0 atom stereocenters. The number of ether oxygens (including phenoxy) is 2. The summed E-state index contributed by atoms with van der Waals surface area (Å²) in [5.74, 6) is 0.666. The first-order chi connectivity index (χ1) is 20.4. The number of allylic oxidation sites excluding steroid dienone is 4. The summed E-state index contributed by atoms with van der Waals surface area (Å²) >= 11 is 2.23. The Hall–Kier alpha value is -3.46. The number of methoxy groups -OCH3 is 1. The van der Waals surface area contributed by atoms with Crippen LogP contribution in [0.25, 0.3) is 0 Å². The minimum absolute atomic E-state index is 0.126. The van der Waals surface area contributed by atoms with Gasteiger partial charge in [0.05, 0.1) is 10.7 Å². The van der Waals surface area contributed by atoms with Gasteiger partial charge < -0.3 is 14.4 Å². The molecule has 2 aliphatic carbocycles. The molecule has 0 radical (unpaired) electrons. The van der Waals surface area contributed by atoms with E-state index >= 15 is 0 Å². The summed E-state index contributed by atoms with van der Waals surface area (Å²) in [6.07, 6.45) is 5.11. The Kier molecular flexibility index (Phi) is 8.47. The van der Waals surface area contributed by atoms with Crippen molar-refractivity contribution in [1.82, 2.24) is 4.90 Å². The lowest BCUT2D eigenvalue weighted by molar-refractivity contribution is -0.117. The fourth-order valence-corrected chi connectivity index (χ4v) is 7.27. The van der Waals surface area contributed by atoms with Crippen LogP contribution in [-0.2, 0) is 22.6 Å². The fraction of sp³-hybridized carbons (Fsp3) is 0.314. The van der Waals surface area contributed by atoms with Gasteiger partial charge in [-0.15, -0.1) is 0 Å². The van der Waals surface area contributed by atoms with Crippen LogP contribution in [-0.4, -0.2) is 30.1 Å². The van der Waals surface area contributed by atoms with Gasteiger partial charge in [0.1, 0.15) is 12.4 Å². The lowest BCUT2D eigenvalue weighted by Gasteiger charge is -2.44. The first-order valence-electron chi connectivity index (χ1n) is 14.5. The van der Waals surface area contributed by atoms with Crippen molar-refractivity contribution in [3.05, 3.63) is 115 Å². The third-order valence-electron chi connectivity index (χ3n) is 8.43. The van der Waals surface area contributed by atoms with Crippen LogP contribution in [0.2, 0.25) is 0 Å². The maximum absolute atomic E-state index is 13.7. The number of benzene rings is 3. The molecule has 0 fully saturated rings. The molecule has 6 rings (SSSR count). The van der Waals surface area contributed by atoms with Crippen molar-refractivity contribution >= 4 is 34.2 Å². The van der Waals surface area contributed by atoms with E-state index in [9.17, 15) is 14.0 Å². The molecular formula is C35H33FINO4. The summed E-state index contributed by atoms with van der Waals surface area (Å²) in [5, 5.41) is 0. The molecule has 3 aromatic carbocycles. The highest BCUT2D eigenvalue weighted by atomic mass is 127. The summed E-state index contributed by atoms with van der Waals surface area (Å²) < 4.78 is 26.1. The minimum atomic E-state index is -0.419. The first-order valence-corrected chi connectivity index (χ1v) is 15.6. The van der Waals surface area contributed by atoms with Crippen LogP contribution in [0.3, 0.4) is 0 Å². The molecule has 0 bridgehead atoms. The fourth-order valence-electron chi connectivity index (χ4n) is 6.49. The van der Waals surface area contributed by atoms with Gasteiger partial charge in [-0.3, -0.25) is 9.59 Å². The number of nitrogens with zero attached hydrogens (tertiary/aromatic N) is 1. The molecule has 0 N–H and O–H groups in total. The van der Waals surface area contributed by atoms with E-state index in [-0.39, 0.29) is 24.0 Å². The quantitative estimate of drug-likeness (QED) is 0.229. The molecule has 0 spiro atoms. The lowest BCUT2D eigenvalue weighted by Crippen LogP contribution is -2.40. The SMILES string of the molecule is COc1cc(C2C3=C(CCCC3=O)N(CCc3ccccc3)C3=C2C(=O)CCC3)cc(I)c1OCc1ccc(F)cc1. The Labute approximate surface area is 259 Å². The molecule has 1 aliphatic heterocycles. The molecule has 0 saturated heterocycles. The number of carbonyl (C=O) groups is 2. The van der Waals surface area contributed by atoms with Gasteiger partial charge in [0, 0.05) is 47.8 Å². The predicted molar refractivity (Wildman–Crippen MR) is 168 cm³/mol. The van der Waals surface area contributed by atoms with Crippen molar-refractivity contribution in [3.63, 3.8) is 0 Å². The summed E-state index contributed by atoms with van der Waals surface area (Å²) in [6, 6.07) is 20.5. The minimum Gasteiger partial charge on any atom is -0.493 e. The molecule has 1 heterocycles. The van der Waals surface area contributed by atoms with E-state index in [2.05, 4.69) is 39.6 Å². The van der Waals surface area contributed by atoms with Crippen molar-refractivity contribution in [2.24, 2.45) is 0 Å². The lowest BCUT2D eigenvalue weighted by atomic mass is 9.71. The van der Waals surface area contributed by atoms with Crippen LogP contribution in [0.4, 0.5) is 4.39 Å². The van der Waals surface area contributed by atoms with Gasteiger partial charge in [-0.2, -0.15) is 0 Å². The molecule has 3 aliphatic rings. The molecule has 0 unspecified atom stereocenters. The van der Waals surface area contributed by atoms with Crippen molar-refractivity contribution in [2.45, 2.75) is 57.5 Å². The van der Waals surface area contributed by atoms with E-state index in [0.717, 1.165) is 75.9 Å². The van der Waals surface area contributed by atoms with Gasteiger partial charge in [0.25, 0.3) is 0 Å². The highest BCUT2D eigenvalue weighted by molar-refractivity contribution is 14.1. The average Bonchev–Trinajstić information content (AvgIpc) is 3.00. The van der Waals surface area contributed by atoms with E-state index < -0.39 is 5.92 Å². The van der Waals surface area contributed by atoms with Gasteiger partial charge >= 0.3 is 0 Å². The molecular weight excluding hydrogens is 644 g/mol. The first kappa shape index (κ1) is 28.6. The molecule has 3 aromatic rings. The zero-order chi connectivity index (χ0) is 29.2. The number of carbonyl (C=O) groups excluding carboxylic acids is 2.